The average molecular weight is 429 g/mol. The molecule has 0 saturated heterocycles. The van der Waals surface area contributed by atoms with E-state index in [9.17, 15) is 19.5 Å². The summed E-state index contributed by atoms with van der Waals surface area (Å²) < 4.78 is 5.17. The number of hydrogen-bond acceptors (Lipinski definition) is 6. The van der Waals surface area contributed by atoms with Crippen molar-refractivity contribution >= 4 is 30.4 Å². The highest BCUT2D eigenvalue weighted by Gasteiger charge is 2.34. The molecule has 0 aromatic heterocycles. The minimum atomic E-state index is -1.37. The highest BCUT2D eigenvalue weighted by atomic mass is 32.1. The molecule has 0 rings (SSSR count). The van der Waals surface area contributed by atoms with Gasteiger partial charge in [-0.05, 0) is 25.0 Å². The smallest absolute Gasteiger partial charge is 0.310 e. The molecule has 2 amide bonds. The van der Waals surface area contributed by atoms with Crippen LogP contribution in [0.1, 0.15) is 59.3 Å². The van der Waals surface area contributed by atoms with E-state index in [1.165, 1.54) is 6.42 Å². The van der Waals surface area contributed by atoms with Crippen LogP contribution in [-0.4, -0.2) is 54.4 Å². The minimum absolute atomic E-state index is 0.0873. The SMILES string of the molecule is CCCCCC=C=CCC(=O)OCC(C)(C)C(O)C(=O)NCCC(=O)NCCS. The van der Waals surface area contributed by atoms with Gasteiger partial charge in [-0.2, -0.15) is 12.6 Å². The molecular weight excluding hydrogens is 392 g/mol. The molecule has 0 aliphatic carbocycles. The van der Waals surface area contributed by atoms with Gasteiger partial charge in [-0.3, -0.25) is 14.4 Å². The van der Waals surface area contributed by atoms with Crippen LogP contribution in [0.25, 0.3) is 0 Å². The lowest BCUT2D eigenvalue weighted by molar-refractivity contribution is -0.152. The van der Waals surface area contributed by atoms with E-state index in [2.05, 4.69) is 35.9 Å². The first kappa shape index (κ1) is 27.2. The summed E-state index contributed by atoms with van der Waals surface area (Å²) in [5.74, 6) is -0.715. The van der Waals surface area contributed by atoms with Crippen LogP contribution in [0, 0.1) is 5.41 Å². The Kier molecular flexibility index (Phi) is 15.1. The Morgan fingerprint density at radius 1 is 1.17 bits per heavy atom. The second-order valence-electron chi connectivity index (χ2n) is 7.44. The van der Waals surface area contributed by atoms with E-state index >= 15 is 0 Å². The van der Waals surface area contributed by atoms with Crippen molar-refractivity contribution in [3.8, 4) is 0 Å². The van der Waals surface area contributed by atoms with Gasteiger partial charge in [-0.25, -0.2) is 0 Å². The van der Waals surface area contributed by atoms with Crippen LogP contribution in [0.15, 0.2) is 17.9 Å². The maximum absolute atomic E-state index is 12.1. The fourth-order valence-corrected chi connectivity index (χ4v) is 2.36. The van der Waals surface area contributed by atoms with Crippen molar-refractivity contribution < 1.29 is 24.2 Å². The molecule has 0 saturated carbocycles. The van der Waals surface area contributed by atoms with Crippen LogP contribution < -0.4 is 10.6 Å². The summed E-state index contributed by atoms with van der Waals surface area (Å²) in [5, 5.41) is 15.4. The Hall–Kier alpha value is -1.76. The fraction of sp³-hybridized carbons (Fsp3) is 0.714. The molecular formula is C21H36N2O5S. The van der Waals surface area contributed by atoms with Crippen molar-refractivity contribution in [2.24, 2.45) is 5.41 Å². The number of rotatable bonds is 15. The summed E-state index contributed by atoms with van der Waals surface area (Å²) >= 11 is 3.99. The molecule has 0 radical (unpaired) electrons. The highest BCUT2D eigenvalue weighted by Crippen LogP contribution is 2.21. The number of nitrogens with one attached hydrogen (secondary N) is 2. The molecule has 29 heavy (non-hydrogen) atoms. The first-order chi connectivity index (χ1) is 13.7. The third kappa shape index (κ3) is 14.0. The number of esters is 1. The number of ether oxygens (including phenoxy) is 1. The first-order valence-electron chi connectivity index (χ1n) is 10.1. The van der Waals surface area contributed by atoms with Gasteiger partial charge >= 0.3 is 5.97 Å². The molecule has 0 bridgehead atoms. The van der Waals surface area contributed by atoms with Gasteiger partial charge in [-0.1, -0.05) is 33.6 Å². The molecule has 8 heteroatoms. The van der Waals surface area contributed by atoms with Crippen molar-refractivity contribution in [1.82, 2.24) is 10.6 Å². The van der Waals surface area contributed by atoms with Crippen LogP contribution in [0.3, 0.4) is 0 Å². The van der Waals surface area contributed by atoms with Gasteiger partial charge in [0.2, 0.25) is 11.8 Å². The van der Waals surface area contributed by atoms with Crippen molar-refractivity contribution in [2.45, 2.75) is 65.4 Å². The van der Waals surface area contributed by atoms with E-state index in [0.29, 0.717) is 12.3 Å². The number of aliphatic hydroxyl groups is 1. The lowest BCUT2D eigenvalue weighted by Crippen LogP contribution is -2.47. The molecule has 1 atom stereocenters. The number of aliphatic hydroxyl groups excluding tert-OH is 1. The molecule has 0 fully saturated rings. The van der Waals surface area contributed by atoms with Crippen LogP contribution in [0.4, 0.5) is 0 Å². The Morgan fingerprint density at radius 2 is 1.90 bits per heavy atom. The zero-order valence-electron chi connectivity index (χ0n) is 17.8. The van der Waals surface area contributed by atoms with E-state index in [-0.39, 0.29) is 31.9 Å². The molecule has 0 aromatic carbocycles. The predicted octanol–water partition coefficient (Wildman–Crippen LogP) is 2.15. The van der Waals surface area contributed by atoms with Crippen molar-refractivity contribution in [2.75, 3.05) is 25.4 Å². The van der Waals surface area contributed by atoms with Gasteiger partial charge < -0.3 is 20.5 Å². The van der Waals surface area contributed by atoms with Crippen LogP contribution in [0.5, 0.6) is 0 Å². The topological polar surface area (TPSA) is 105 Å². The molecule has 0 spiro atoms. The Balaban J connectivity index is 4.23. The second kappa shape index (κ2) is 16.1. The Labute approximate surface area is 179 Å². The molecule has 166 valence electrons. The molecule has 0 heterocycles. The zero-order valence-corrected chi connectivity index (χ0v) is 18.7. The zero-order chi connectivity index (χ0) is 22.1. The van der Waals surface area contributed by atoms with Crippen molar-refractivity contribution in [1.29, 1.82) is 0 Å². The van der Waals surface area contributed by atoms with Crippen LogP contribution >= 0.6 is 12.6 Å². The molecule has 0 aliphatic rings. The van der Waals surface area contributed by atoms with Gasteiger partial charge in [0, 0.05) is 30.7 Å². The second-order valence-corrected chi connectivity index (χ2v) is 7.89. The van der Waals surface area contributed by atoms with E-state index in [1.807, 2.05) is 6.08 Å². The van der Waals surface area contributed by atoms with Crippen molar-refractivity contribution in [3.05, 3.63) is 17.9 Å². The number of carbonyl (C=O) groups is 3. The van der Waals surface area contributed by atoms with Gasteiger partial charge in [0.25, 0.3) is 0 Å². The van der Waals surface area contributed by atoms with E-state index in [0.717, 1.165) is 19.3 Å². The largest absolute Gasteiger partial charge is 0.465 e. The highest BCUT2D eigenvalue weighted by molar-refractivity contribution is 7.80. The molecule has 7 nitrogen and oxygen atoms in total. The summed E-state index contributed by atoms with van der Waals surface area (Å²) in [6.45, 7) is 5.88. The molecule has 3 N–H and O–H groups in total. The molecule has 0 aromatic rings. The third-order valence-corrected chi connectivity index (χ3v) is 4.36. The quantitative estimate of drug-likeness (QED) is 0.138. The maximum atomic E-state index is 12.1. The Bertz CT molecular complexity index is 571. The first-order valence-corrected chi connectivity index (χ1v) is 10.8. The van der Waals surface area contributed by atoms with Crippen LogP contribution in [0.2, 0.25) is 0 Å². The summed E-state index contributed by atoms with van der Waals surface area (Å²) in [6.07, 6.45) is 6.72. The summed E-state index contributed by atoms with van der Waals surface area (Å²) in [4.78, 5) is 35.4. The number of thiol groups is 1. The standard InChI is InChI=1S/C21H36N2O5S/c1-4-5-6-7-8-9-10-11-18(25)28-16-21(2,3)19(26)20(27)23-13-12-17(24)22-14-15-29/h8,10,19,26,29H,4-7,11-16H2,1-3H3,(H,22,24)(H,23,27). The molecule has 0 aliphatic heterocycles. The van der Waals surface area contributed by atoms with E-state index < -0.39 is 23.4 Å². The minimum Gasteiger partial charge on any atom is -0.465 e. The monoisotopic (exact) mass is 428 g/mol. The van der Waals surface area contributed by atoms with E-state index in [1.54, 1.807) is 19.9 Å². The lowest BCUT2D eigenvalue weighted by Gasteiger charge is -2.28. The Morgan fingerprint density at radius 3 is 2.55 bits per heavy atom. The summed E-state index contributed by atoms with van der Waals surface area (Å²) in [6, 6.07) is 0. The normalized spacial score (nSPS) is 11.8. The predicted molar refractivity (Wildman–Crippen MR) is 117 cm³/mol. The molecule has 1 unspecified atom stereocenters. The van der Waals surface area contributed by atoms with Gasteiger partial charge in [0.15, 0.2) is 0 Å². The number of hydrogen-bond donors (Lipinski definition) is 4. The van der Waals surface area contributed by atoms with Crippen LogP contribution in [-0.2, 0) is 19.1 Å². The maximum Gasteiger partial charge on any atom is 0.310 e. The summed E-state index contributed by atoms with van der Waals surface area (Å²) in [7, 11) is 0. The fourth-order valence-electron chi connectivity index (χ4n) is 2.24. The number of amides is 2. The van der Waals surface area contributed by atoms with E-state index in [4.69, 9.17) is 4.74 Å². The number of unbranched alkanes of at least 4 members (excludes halogenated alkanes) is 3. The number of carbonyl (C=O) groups excluding carboxylic acids is 3. The third-order valence-electron chi connectivity index (χ3n) is 4.14. The van der Waals surface area contributed by atoms with Gasteiger partial charge in [-0.15, -0.1) is 5.73 Å². The van der Waals surface area contributed by atoms with Gasteiger partial charge in [0.1, 0.15) is 6.10 Å². The summed E-state index contributed by atoms with van der Waals surface area (Å²) in [5.41, 5.74) is 1.99. The average Bonchev–Trinajstić information content (AvgIpc) is 2.69. The van der Waals surface area contributed by atoms with Crippen molar-refractivity contribution in [3.63, 3.8) is 0 Å². The van der Waals surface area contributed by atoms with Gasteiger partial charge in [0.05, 0.1) is 13.0 Å². The lowest BCUT2D eigenvalue weighted by atomic mass is 9.87.